The minimum absolute atomic E-state index is 0.262. The van der Waals surface area contributed by atoms with Gasteiger partial charge in [-0.25, -0.2) is 0 Å². The molecule has 2 N–H and O–H groups in total. The van der Waals surface area contributed by atoms with Gasteiger partial charge in [0.1, 0.15) is 0 Å². The van der Waals surface area contributed by atoms with Crippen molar-refractivity contribution in [3.8, 4) is 0 Å². The van der Waals surface area contributed by atoms with Gasteiger partial charge in [-0.05, 0) is 38.6 Å². The zero-order valence-corrected chi connectivity index (χ0v) is 12.6. The van der Waals surface area contributed by atoms with Crippen molar-refractivity contribution >= 4 is 0 Å². The minimum Gasteiger partial charge on any atom is -0.396 e. The molecule has 4 heteroatoms. The maximum Gasteiger partial charge on any atom is 0.0774 e. The summed E-state index contributed by atoms with van der Waals surface area (Å²) in [6, 6.07) is 1.12. The van der Waals surface area contributed by atoms with Crippen LogP contribution in [0, 0.1) is 0 Å². The van der Waals surface area contributed by atoms with E-state index >= 15 is 0 Å². The monoisotopic (exact) mass is 282 g/mol. The summed E-state index contributed by atoms with van der Waals surface area (Å²) >= 11 is 0. The number of fused-ring (bicyclic) bond motifs is 1. The molecule has 1 aliphatic carbocycles. The Kier molecular flexibility index (Phi) is 4.65. The standard InChI is InChI=1S/C16H30N2O2/c19-10-6-15-11-17-9-4-5-14(17)12-18(15)13-16(20)7-2-1-3-8-16/h14-15,19-20H,1-13H2/t14?,15-/m0/s1. The van der Waals surface area contributed by atoms with Crippen LogP contribution in [0.5, 0.6) is 0 Å². The second-order valence-corrected chi connectivity index (χ2v) is 7.17. The lowest BCUT2D eigenvalue weighted by atomic mass is 9.83. The third-order valence-electron chi connectivity index (χ3n) is 5.65. The van der Waals surface area contributed by atoms with E-state index in [2.05, 4.69) is 9.80 Å². The maximum atomic E-state index is 10.8. The summed E-state index contributed by atoms with van der Waals surface area (Å²) in [5.41, 5.74) is -0.466. The third-order valence-corrected chi connectivity index (χ3v) is 5.65. The van der Waals surface area contributed by atoms with Crippen LogP contribution in [0.25, 0.3) is 0 Å². The quantitative estimate of drug-likeness (QED) is 0.814. The molecule has 3 fully saturated rings. The molecule has 0 spiro atoms. The van der Waals surface area contributed by atoms with Gasteiger partial charge in [-0.15, -0.1) is 0 Å². The number of aliphatic hydroxyl groups is 2. The van der Waals surface area contributed by atoms with Crippen molar-refractivity contribution in [2.45, 2.75) is 69.1 Å². The van der Waals surface area contributed by atoms with E-state index in [9.17, 15) is 10.2 Å². The van der Waals surface area contributed by atoms with Crippen molar-refractivity contribution in [1.82, 2.24) is 9.80 Å². The van der Waals surface area contributed by atoms with Gasteiger partial charge < -0.3 is 10.2 Å². The Morgan fingerprint density at radius 1 is 1.05 bits per heavy atom. The average Bonchev–Trinajstić information content (AvgIpc) is 2.87. The van der Waals surface area contributed by atoms with Gasteiger partial charge in [0, 0.05) is 38.3 Å². The summed E-state index contributed by atoms with van der Waals surface area (Å²) in [4.78, 5) is 5.09. The Hall–Kier alpha value is -0.160. The molecule has 3 rings (SSSR count). The number of nitrogens with zero attached hydrogens (tertiary/aromatic N) is 2. The van der Waals surface area contributed by atoms with Gasteiger partial charge in [-0.3, -0.25) is 9.80 Å². The zero-order chi connectivity index (χ0) is 14.0. The Balaban J connectivity index is 1.65. The van der Waals surface area contributed by atoms with Crippen molar-refractivity contribution in [2.24, 2.45) is 0 Å². The topological polar surface area (TPSA) is 46.9 Å². The average molecular weight is 282 g/mol. The van der Waals surface area contributed by atoms with E-state index in [0.717, 1.165) is 38.9 Å². The van der Waals surface area contributed by atoms with Gasteiger partial charge in [0.2, 0.25) is 0 Å². The lowest BCUT2D eigenvalue weighted by Gasteiger charge is -2.47. The summed E-state index contributed by atoms with van der Waals surface area (Å²) in [5, 5.41) is 20.2. The van der Waals surface area contributed by atoms with Crippen LogP contribution in [-0.4, -0.2) is 70.5 Å². The molecule has 0 aromatic carbocycles. The first-order chi connectivity index (χ1) is 9.70. The van der Waals surface area contributed by atoms with E-state index < -0.39 is 5.60 Å². The van der Waals surface area contributed by atoms with Gasteiger partial charge in [0.25, 0.3) is 0 Å². The first kappa shape index (κ1) is 14.8. The molecule has 2 atom stereocenters. The molecule has 1 unspecified atom stereocenters. The fourth-order valence-corrected chi connectivity index (χ4v) is 4.51. The SMILES string of the molecule is OCC[C@H]1CN2CCCC2CN1CC1(O)CCCCC1. The molecule has 0 radical (unpaired) electrons. The van der Waals surface area contributed by atoms with Crippen molar-refractivity contribution in [1.29, 1.82) is 0 Å². The highest BCUT2D eigenvalue weighted by Gasteiger charge is 2.40. The van der Waals surface area contributed by atoms with Gasteiger partial charge in [-0.2, -0.15) is 0 Å². The fraction of sp³-hybridized carbons (Fsp3) is 1.00. The number of aliphatic hydroxyl groups excluding tert-OH is 1. The Morgan fingerprint density at radius 3 is 2.60 bits per heavy atom. The van der Waals surface area contributed by atoms with Crippen LogP contribution >= 0.6 is 0 Å². The number of rotatable bonds is 4. The van der Waals surface area contributed by atoms with E-state index in [-0.39, 0.29) is 6.61 Å². The van der Waals surface area contributed by atoms with Crippen LogP contribution in [0.3, 0.4) is 0 Å². The zero-order valence-electron chi connectivity index (χ0n) is 12.6. The largest absolute Gasteiger partial charge is 0.396 e. The van der Waals surface area contributed by atoms with Crippen LogP contribution in [0.1, 0.15) is 51.4 Å². The summed E-state index contributed by atoms with van der Waals surface area (Å²) < 4.78 is 0. The lowest BCUT2D eigenvalue weighted by molar-refractivity contribution is -0.0601. The Bertz CT molecular complexity index is 318. The molecule has 2 aliphatic heterocycles. The molecule has 1 saturated carbocycles. The van der Waals surface area contributed by atoms with Gasteiger partial charge in [0.05, 0.1) is 5.60 Å². The first-order valence-corrected chi connectivity index (χ1v) is 8.51. The molecule has 3 aliphatic rings. The number of piperazine rings is 1. The van der Waals surface area contributed by atoms with E-state index in [1.807, 2.05) is 0 Å². The molecular weight excluding hydrogens is 252 g/mol. The third kappa shape index (κ3) is 3.19. The van der Waals surface area contributed by atoms with Crippen LogP contribution in [0.15, 0.2) is 0 Å². The van der Waals surface area contributed by atoms with Crippen molar-refractivity contribution in [2.75, 3.05) is 32.8 Å². The first-order valence-electron chi connectivity index (χ1n) is 8.51. The van der Waals surface area contributed by atoms with Gasteiger partial charge >= 0.3 is 0 Å². The Labute approximate surface area is 122 Å². The van der Waals surface area contributed by atoms with Crippen LogP contribution in [-0.2, 0) is 0 Å². The summed E-state index contributed by atoms with van der Waals surface area (Å²) in [5.74, 6) is 0. The molecular formula is C16H30N2O2. The van der Waals surface area contributed by atoms with E-state index in [0.29, 0.717) is 12.1 Å². The van der Waals surface area contributed by atoms with E-state index in [1.54, 1.807) is 0 Å². The second-order valence-electron chi connectivity index (χ2n) is 7.17. The smallest absolute Gasteiger partial charge is 0.0774 e. The number of hydrogen-bond acceptors (Lipinski definition) is 4. The Morgan fingerprint density at radius 2 is 1.85 bits per heavy atom. The number of hydrogen-bond donors (Lipinski definition) is 2. The summed E-state index contributed by atoms with van der Waals surface area (Å²) in [6.45, 7) is 4.49. The molecule has 2 heterocycles. The van der Waals surface area contributed by atoms with Crippen LogP contribution in [0.4, 0.5) is 0 Å². The van der Waals surface area contributed by atoms with Crippen LogP contribution in [0.2, 0.25) is 0 Å². The lowest BCUT2D eigenvalue weighted by Crippen LogP contribution is -2.59. The van der Waals surface area contributed by atoms with Crippen LogP contribution < -0.4 is 0 Å². The molecule has 0 aromatic heterocycles. The predicted molar refractivity (Wildman–Crippen MR) is 79.7 cm³/mol. The highest BCUT2D eigenvalue weighted by molar-refractivity contribution is 4.95. The molecule has 2 saturated heterocycles. The van der Waals surface area contributed by atoms with Crippen molar-refractivity contribution in [3.05, 3.63) is 0 Å². The van der Waals surface area contributed by atoms with E-state index in [1.165, 1.54) is 38.6 Å². The normalized spacial score (nSPS) is 35.1. The summed E-state index contributed by atoms with van der Waals surface area (Å²) in [6.07, 6.45) is 9.01. The molecule has 0 bridgehead atoms. The van der Waals surface area contributed by atoms with Gasteiger partial charge in [0.15, 0.2) is 0 Å². The highest BCUT2D eigenvalue weighted by atomic mass is 16.3. The molecule has 0 aromatic rings. The number of β-amino-alcohol motifs (C(OH)–C–C–N with tert-alkyl or cyclic N) is 1. The predicted octanol–water partition coefficient (Wildman–Crippen LogP) is 1.21. The second kappa shape index (κ2) is 6.30. The highest BCUT2D eigenvalue weighted by Crippen LogP contribution is 2.32. The molecule has 0 amide bonds. The minimum atomic E-state index is -0.466. The van der Waals surface area contributed by atoms with Gasteiger partial charge in [-0.1, -0.05) is 19.3 Å². The molecule has 4 nitrogen and oxygen atoms in total. The molecule has 20 heavy (non-hydrogen) atoms. The summed E-state index contributed by atoms with van der Waals surface area (Å²) in [7, 11) is 0. The molecule has 116 valence electrons. The van der Waals surface area contributed by atoms with Crippen molar-refractivity contribution in [3.63, 3.8) is 0 Å². The maximum absolute atomic E-state index is 10.8. The van der Waals surface area contributed by atoms with Crippen molar-refractivity contribution < 1.29 is 10.2 Å². The fourth-order valence-electron chi connectivity index (χ4n) is 4.51. The van der Waals surface area contributed by atoms with E-state index in [4.69, 9.17) is 0 Å².